The number of aromatic nitrogens is 2. The van der Waals surface area contributed by atoms with Crippen LogP contribution in [0.1, 0.15) is 5.69 Å². The van der Waals surface area contributed by atoms with Gasteiger partial charge in [-0.2, -0.15) is 0 Å². The number of nitrogens with two attached hydrogens (primary N) is 1. The van der Waals surface area contributed by atoms with E-state index < -0.39 is 4.92 Å². The minimum atomic E-state index is -0.423. The molecule has 2 rings (SSSR count). The second-order valence-electron chi connectivity index (χ2n) is 3.60. The van der Waals surface area contributed by atoms with Gasteiger partial charge >= 0.3 is 0 Å². The number of nitro benzene ring substituents is 1. The Hall–Kier alpha value is -2.21. The summed E-state index contributed by atoms with van der Waals surface area (Å²) in [6.07, 6.45) is 2.41. The van der Waals surface area contributed by atoms with Crippen LogP contribution in [0.2, 0.25) is 0 Å². The first kappa shape index (κ1) is 11.3. The van der Waals surface area contributed by atoms with Crippen molar-refractivity contribution in [3.05, 3.63) is 46.3 Å². The largest absolute Gasteiger partial charge is 0.342 e. The monoisotopic (exact) mass is 232 g/mol. The highest BCUT2D eigenvalue weighted by molar-refractivity contribution is 5.59. The molecule has 1 aromatic heterocycles. The first-order chi connectivity index (χ1) is 8.20. The molecular weight excluding hydrogens is 220 g/mol. The molecule has 1 heterocycles. The van der Waals surface area contributed by atoms with Crippen molar-refractivity contribution in [1.29, 1.82) is 0 Å². The van der Waals surface area contributed by atoms with Crippen LogP contribution in [0.25, 0.3) is 11.4 Å². The predicted molar refractivity (Wildman–Crippen MR) is 63.4 cm³/mol. The third kappa shape index (κ3) is 2.48. The van der Waals surface area contributed by atoms with Gasteiger partial charge in [0, 0.05) is 36.0 Å². The van der Waals surface area contributed by atoms with E-state index in [0.717, 1.165) is 5.69 Å². The molecule has 1 aromatic carbocycles. The lowest BCUT2D eigenvalue weighted by molar-refractivity contribution is -0.384. The maximum Gasteiger partial charge on any atom is 0.270 e. The van der Waals surface area contributed by atoms with Gasteiger partial charge < -0.3 is 10.7 Å². The van der Waals surface area contributed by atoms with E-state index in [1.165, 1.54) is 12.1 Å². The van der Waals surface area contributed by atoms with Crippen molar-refractivity contribution in [3.63, 3.8) is 0 Å². The number of imidazole rings is 1. The van der Waals surface area contributed by atoms with Gasteiger partial charge in [-0.25, -0.2) is 4.98 Å². The Morgan fingerprint density at radius 3 is 3.00 bits per heavy atom. The van der Waals surface area contributed by atoms with E-state index in [4.69, 9.17) is 5.73 Å². The summed E-state index contributed by atoms with van der Waals surface area (Å²) in [5, 5.41) is 10.7. The number of rotatable bonds is 4. The summed E-state index contributed by atoms with van der Waals surface area (Å²) in [5.74, 6) is 0.622. The van der Waals surface area contributed by atoms with Crippen molar-refractivity contribution in [1.82, 2.24) is 9.97 Å². The van der Waals surface area contributed by atoms with E-state index >= 15 is 0 Å². The molecule has 0 fully saturated rings. The quantitative estimate of drug-likeness (QED) is 0.616. The molecule has 88 valence electrons. The zero-order valence-electron chi connectivity index (χ0n) is 9.09. The number of benzene rings is 1. The zero-order valence-corrected chi connectivity index (χ0v) is 9.09. The molecule has 0 unspecified atom stereocenters. The molecule has 0 saturated heterocycles. The van der Waals surface area contributed by atoms with Gasteiger partial charge in [-0.05, 0) is 6.54 Å². The first-order valence-corrected chi connectivity index (χ1v) is 5.19. The Bertz CT molecular complexity index is 536. The van der Waals surface area contributed by atoms with Gasteiger partial charge in [0.2, 0.25) is 0 Å². The summed E-state index contributed by atoms with van der Waals surface area (Å²) >= 11 is 0. The van der Waals surface area contributed by atoms with Crippen LogP contribution >= 0.6 is 0 Å². The lowest BCUT2D eigenvalue weighted by Crippen LogP contribution is -2.02. The Morgan fingerprint density at radius 2 is 2.29 bits per heavy atom. The first-order valence-electron chi connectivity index (χ1n) is 5.19. The maximum atomic E-state index is 10.7. The average molecular weight is 232 g/mol. The van der Waals surface area contributed by atoms with Crippen molar-refractivity contribution < 1.29 is 4.92 Å². The van der Waals surface area contributed by atoms with Crippen LogP contribution in [0, 0.1) is 10.1 Å². The molecule has 0 saturated carbocycles. The van der Waals surface area contributed by atoms with Crippen molar-refractivity contribution in [2.24, 2.45) is 5.73 Å². The molecule has 3 N–H and O–H groups in total. The highest BCUT2D eigenvalue weighted by Crippen LogP contribution is 2.21. The molecule has 0 spiro atoms. The standard InChI is InChI=1S/C11H12N4O2/c12-5-4-9-7-13-11(14-9)8-2-1-3-10(6-8)15(16)17/h1-3,6-7H,4-5,12H2,(H,13,14). The van der Waals surface area contributed by atoms with E-state index in [1.807, 2.05) is 0 Å². The van der Waals surface area contributed by atoms with Crippen molar-refractivity contribution in [2.45, 2.75) is 6.42 Å². The number of nitro groups is 1. The second-order valence-corrected chi connectivity index (χ2v) is 3.60. The van der Waals surface area contributed by atoms with Crippen molar-refractivity contribution >= 4 is 5.69 Å². The summed E-state index contributed by atoms with van der Waals surface area (Å²) in [7, 11) is 0. The van der Waals surface area contributed by atoms with Gasteiger partial charge in [-0.1, -0.05) is 12.1 Å². The summed E-state index contributed by atoms with van der Waals surface area (Å²) in [6.45, 7) is 0.538. The maximum absolute atomic E-state index is 10.7. The Morgan fingerprint density at radius 1 is 1.47 bits per heavy atom. The molecule has 17 heavy (non-hydrogen) atoms. The second kappa shape index (κ2) is 4.75. The molecule has 0 aliphatic carbocycles. The van der Waals surface area contributed by atoms with Crippen LogP contribution in [0.4, 0.5) is 5.69 Å². The molecule has 6 heteroatoms. The smallest absolute Gasteiger partial charge is 0.270 e. The summed E-state index contributed by atoms with van der Waals surface area (Å²) in [6, 6.07) is 6.36. The Balaban J connectivity index is 2.32. The van der Waals surface area contributed by atoms with Crippen LogP contribution < -0.4 is 5.73 Å². The number of hydrogen-bond acceptors (Lipinski definition) is 4. The van der Waals surface area contributed by atoms with Gasteiger partial charge in [0.1, 0.15) is 5.82 Å². The van der Waals surface area contributed by atoms with Gasteiger partial charge in [-0.15, -0.1) is 0 Å². The molecule has 0 aliphatic rings. The molecule has 0 radical (unpaired) electrons. The van der Waals surface area contributed by atoms with E-state index in [-0.39, 0.29) is 5.69 Å². The lowest BCUT2D eigenvalue weighted by atomic mass is 10.2. The molecule has 2 aromatic rings. The van der Waals surface area contributed by atoms with Gasteiger partial charge in [0.05, 0.1) is 4.92 Å². The zero-order chi connectivity index (χ0) is 12.3. The number of H-pyrrole nitrogens is 1. The highest BCUT2D eigenvalue weighted by atomic mass is 16.6. The van der Waals surface area contributed by atoms with Crippen LogP contribution in [0.3, 0.4) is 0 Å². The molecule has 6 nitrogen and oxygen atoms in total. The van der Waals surface area contributed by atoms with E-state index in [2.05, 4.69) is 9.97 Å². The van der Waals surface area contributed by atoms with Crippen LogP contribution in [-0.2, 0) is 6.42 Å². The minimum absolute atomic E-state index is 0.0549. The molecule has 0 atom stereocenters. The Kier molecular flexibility index (Phi) is 3.15. The molecule has 0 bridgehead atoms. The van der Waals surface area contributed by atoms with E-state index in [0.29, 0.717) is 24.4 Å². The van der Waals surface area contributed by atoms with E-state index in [1.54, 1.807) is 18.3 Å². The van der Waals surface area contributed by atoms with Crippen LogP contribution in [0.15, 0.2) is 30.5 Å². The molecular formula is C11H12N4O2. The summed E-state index contributed by atoms with van der Waals surface area (Å²) in [5.41, 5.74) is 7.11. The molecule has 0 aliphatic heterocycles. The van der Waals surface area contributed by atoms with Crippen molar-refractivity contribution in [2.75, 3.05) is 6.54 Å². The number of non-ortho nitro benzene ring substituents is 1. The Labute approximate surface area is 97.6 Å². The fraction of sp³-hybridized carbons (Fsp3) is 0.182. The lowest BCUT2D eigenvalue weighted by Gasteiger charge is -1.97. The number of hydrogen-bond donors (Lipinski definition) is 2. The predicted octanol–water partition coefficient (Wildman–Crippen LogP) is 1.49. The van der Waals surface area contributed by atoms with Gasteiger partial charge in [0.15, 0.2) is 0 Å². The SMILES string of the molecule is NCCc1cnc(-c2cccc([N+](=O)[O-])c2)[nH]1. The van der Waals surface area contributed by atoms with Crippen molar-refractivity contribution in [3.8, 4) is 11.4 Å². The topological polar surface area (TPSA) is 97.8 Å². The van der Waals surface area contributed by atoms with Crippen LogP contribution in [0.5, 0.6) is 0 Å². The highest BCUT2D eigenvalue weighted by Gasteiger charge is 2.09. The summed E-state index contributed by atoms with van der Waals surface area (Å²) in [4.78, 5) is 17.5. The molecule has 0 amide bonds. The van der Waals surface area contributed by atoms with Gasteiger partial charge in [0.25, 0.3) is 5.69 Å². The third-order valence-corrected chi connectivity index (χ3v) is 2.37. The number of nitrogens with one attached hydrogen (secondary N) is 1. The minimum Gasteiger partial charge on any atom is -0.342 e. The summed E-state index contributed by atoms with van der Waals surface area (Å²) < 4.78 is 0. The average Bonchev–Trinajstić information content (AvgIpc) is 2.78. The van der Waals surface area contributed by atoms with Gasteiger partial charge in [-0.3, -0.25) is 10.1 Å². The number of nitrogens with zero attached hydrogens (tertiary/aromatic N) is 2. The normalized spacial score (nSPS) is 10.4. The fourth-order valence-electron chi connectivity index (χ4n) is 1.56. The number of aromatic amines is 1. The van der Waals surface area contributed by atoms with E-state index in [9.17, 15) is 10.1 Å². The fourth-order valence-corrected chi connectivity index (χ4v) is 1.56. The van der Waals surface area contributed by atoms with Crippen LogP contribution in [-0.4, -0.2) is 21.4 Å². The third-order valence-electron chi connectivity index (χ3n) is 2.37.